The van der Waals surface area contributed by atoms with Crippen LogP contribution in [0.3, 0.4) is 0 Å². The molecule has 1 aliphatic heterocycles. The second kappa shape index (κ2) is 6.34. The van der Waals surface area contributed by atoms with Gasteiger partial charge in [-0.25, -0.2) is 17.5 Å². The van der Waals surface area contributed by atoms with Crippen LogP contribution in [-0.4, -0.2) is 37.5 Å². The number of hydrogen-bond donors (Lipinski definition) is 2. The van der Waals surface area contributed by atoms with Crippen LogP contribution in [0, 0.1) is 5.82 Å². The summed E-state index contributed by atoms with van der Waals surface area (Å²) >= 11 is 3.55. The Morgan fingerprint density at radius 2 is 2.21 bits per heavy atom. The van der Waals surface area contributed by atoms with Crippen LogP contribution in [0.2, 0.25) is 0 Å². The van der Waals surface area contributed by atoms with Crippen LogP contribution < -0.4 is 10.5 Å². The monoisotopic (exact) mass is 322 g/mol. The SMILES string of the molecule is Nc1ccc(S(=O)(=O)NCC2CSCCS2)c(F)c1. The fraction of sp³-hybridized carbons (Fsp3) is 0.455. The molecule has 1 unspecified atom stereocenters. The van der Waals surface area contributed by atoms with Gasteiger partial charge >= 0.3 is 0 Å². The maximum absolute atomic E-state index is 13.6. The van der Waals surface area contributed by atoms with Gasteiger partial charge in [0.25, 0.3) is 0 Å². The molecule has 1 heterocycles. The van der Waals surface area contributed by atoms with E-state index in [0.717, 1.165) is 23.3 Å². The molecule has 8 heteroatoms. The molecule has 0 saturated carbocycles. The van der Waals surface area contributed by atoms with Crippen molar-refractivity contribution < 1.29 is 12.8 Å². The molecule has 0 amide bonds. The van der Waals surface area contributed by atoms with Crippen LogP contribution in [-0.2, 0) is 10.0 Å². The minimum Gasteiger partial charge on any atom is -0.399 e. The maximum atomic E-state index is 13.6. The number of benzene rings is 1. The average Bonchev–Trinajstić information content (AvgIpc) is 2.37. The van der Waals surface area contributed by atoms with E-state index in [0.29, 0.717) is 6.54 Å². The molecule has 19 heavy (non-hydrogen) atoms. The lowest BCUT2D eigenvalue weighted by molar-refractivity contribution is 0.557. The summed E-state index contributed by atoms with van der Waals surface area (Å²) in [6.45, 7) is 0.323. The Balaban J connectivity index is 2.05. The Labute approximate surface area is 120 Å². The van der Waals surface area contributed by atoms with Crippen LogP contribution in [0.15, 0.2) is 23.1 Å². The number of nitrogen functional groups attached to an aromatic ring is 1. The summed E-state index contributed by atoms with van der Waals surface area (Å²) < 4.78 is 40.1. The number of anilines is 1. The number of nitrogens with two attached hydrogens (primary N) is 1. The first kappa shape index (κ1) is 15.0. The van der Waals surface area contributed by atoms with Gasteiger partial charge in [0.05, 0.1) is 0 Å². The highest BCUT2D eigenvalue weighted by Crippen LogP contribution is 2.24. The van der Waals surface area contributed by atoms with Crippen molar-refractivity contribution in [2.45, 2.75) is 10.1 Å². The van der Waals surface area contributed by atoms with Gasteiger partial charge in [-0.1, -0.05) is 0 Å². The van der Waals surface area contributed by atoms with Gasteiger partial charge in [-0.15, -0.1) is 0 Å². The third-order valence-electron chi connectivity index (χ3n) is 2.63. The zero-order valence-electron chi connectivity index (χ0n) is 10.1. The van der Waals surface area contributed by atoms with Gasteiger partial charge in [0, 0.05) is 34.7 Å². The Bertz CT molecular complexity index is 545. The lowest BCUT2D eigenvalue weighted by Gasteiger charge is -2.21. The van der Waals surface area contributed by atoms with Gasteiger partial charge in [0.1, 0.15) is 10.7 Å². The molecule has 0 spiro atoms. The highest BCUT2D eigenvalue weighted by Gasteiger charge is 2.22. The Hall–Kier alpha value is -0.440. The molecule has 0 radical (unpaired) electrons. The third-order valence-corrected chi connectivity index (χ3v) is 6.93. The molecule has 0 aliphatic carbocycles. The summed E-state index contributed by atoms with van der Waals surface area (Å²) in [7, 11) is -3.81. The van der Waals surface area contributed by atoms with Crippen molar-refractivity contribution in [1.29, 1.82) is 0 Å². The minimum atomic E-state index is -3.81. The maximum Gasteiger partial charge on any atom is 0.243 e. The van der Waals surface area contributed by atoms with Crippen LogP contribution in [0.25, 0.3) is 0 Å². The number of thioether (sulfide) groups is 2. The Kier molecular flexibility index (Phi) is 4.99. The van der Waals surface area contributed by atoms with E-state index in [9.17, 15) is 12.8 Å². The number of rotatable bonds is 4. The summed E-state index contributed by atoms with van der Waals surface area (Å²) in [5.74, 6) is 2.21. The highest BCUT2D eigenvalue weighted by molar-refractivity contribution is 8.06. The molecule has 1 aromatic carbocycles. The lowest BCUT2D eigenvalue weighted by Crippen LogP contribution is -2.33. The fourth-order valence-electron chi connectivity index (χ4n) is 1.67. The van der Waals surface area contributed by atoms with E-state index in [-0.39, 0.29) is 15.8 Å². The minimum absolute atomic E-state index is 0.204. The molecule has 1 saturated heterocycles. The van der Waals surface area contributed by atoms with Gasteiger partial charge in [-0.3, -0.25) is 0 Å². The van der Waals surface area contributed by atoms with E-state index >= 15 is 0 Å². The van der Waals surface area contributed by atoms with E-state index in [1.54, 1.807) is 11.8 Å². The molecule has 1 fully saturated rings. The molecule has 106 valence electrons. The predicted octanol–water partition coefficient (Wildman–Crippen LogP) is 1.53. The van der Waals surface area contributed by atoms with E-state index in [1.165, 1.54) is 12.1 Å². The van der Waals surface area contributed by atoms with Gasteiger partial charge in [-0.2, -0.15) is 23.5 Å². The Morgan fingerprint density at radius 3 is 2.84 bits per heavy atom. The van der Waals surface area contributed by atoms with Crippen molar-refractivity contribution in [3.63, 3.8) is 0 Å². The number of sulfonamides is 1. The number of halogens is 1. The first-order valence-corrected chi connectivity index (χ1v) is 9.42. The molecule has 3 N–H and O–H groups in total. The predicted molar refractivity (Wildman–Crippen MR) is 79.6 cm³/mol. The van der Waals surface area contributed by atoms with E-state index < -0.39 is 15.8 Å². The number of hydrogen-bond acceptors (Lipinski definition) is 5. The first-order chi connectivity index (χ1) is 8.99. The topological polar surface area (TPSA) is 72.2 Å². The largest absolute Gasteiger partial charge is 0.399 e. The zero-order chi connectivity index (χ0) is 13.9. The van der Waals surface area contributed by atoms with Crippen molar-refractivity contribution in [1.82, 2.24) is 4.72 Å². The zero-order valence-corrected chi connectivity index (χ0v) is 12.6. The summed E-state index contributed by atoms with van der Waals surface area (Å²) in [6, 6.07) is 3.58. The third kappa shape index (κ3) is 4.01. The van der Waals surface area contributed by atoms with E-state index in [4.69, 9.17) is 5.73 Å². The van der Waals surface area contributed by atoms with Crippen molar-refractivity contribution in [3.05, 3.63) is 24.0 Å². The van der Waals surface area contributed by atoms with Crippen molar-refractivity contribution >= 4 is 39.2 Å². The molecule has 0 aromatic heterocycles. The number of nitrogens with one attached hydrogen (secondary N) is 1. The quantitative estimate of drug-likeness (QED) is 0.823. The highest BCUT2D eigenvalue weighted by atomic mass is 32.2. The van der Waals surface area contributed by atoms with Crippen LogP contribution in [0.4, 0.5) is 10.1 Å². The molecule has 1 atom stereocenters. The van der Waals surface area contributed by atoms with Crippen molar-refractivity contribution in [3.8, 4) is 0 Å². The van der Waals surface area contributed by atoms with E-state index in [1.807, 2.05) is 11.8 Å². The normalized spacial score (nSPS) is 20.4. The fourth-order valence-corrected chi connectivity index (χ4v) is 5.53. The van der Waals surface area contributed by atoms with Gasteiger partial charge < -0.3 is 5.73 Å². The molecule has 4 nitrogen and oxygen atoms in total. The van der Waals surface area contributed by atoms with Crippen LogP contribution in [0.1, 0.15) is 0 Å². The molecular weight excluding hydrogens is 307 g/mol. The molecule has 2 rings (SSSR count). The molecule has 0 bridgehead atoms. The molecule has 1 aliphatic rings. The summed E-state index contributed by atoms with van der Waals surface area (Å²) in [4.78, 5) is -0.352. The first-order valence-electron chi connectivity index (χ1n) is 5.73. The van der Waals surface area contributed by atoms with Crippen molar-refractivity contribution in [2.24, 2.45) is 0 Å². The second-order valence-corrected chi connectivity index (χ2v) is 8.40. The molecule has 1 aromatic rings. The summed E-state index contributed by atoms with van der Waals surface area (Å²) in [5, 5.41) is 0.241. The standard InChI is InChI=1S/C11H15FN2O2S3/c12-10-5-8(13)1-2-11(10)19(15,16)14-6-9-7-17-3-4-18-9/h1-2,5,9,14H,3-4,6-7,13H2. The van der Waals surface area contributed by atoms with Crippen LogP contribution in [0.5, 0.6) is 0 Å². The second-order valence-electron chi connectivity index (χ2n) is 4.11. The smallest absolute Gasteiger partial charge is 0.243 e. The van der Waals surface area contributed by atoms with Crippen molar-refractivity contribution in [2.75, 3.05) is 29.5 Å². The van der Waals surface area contributed by atoms with Gasteiger partial charge in [0.15, 0.2) is 0 Å². The Morgan fingerprint density at radius 1 is 1.42 bits per heavy atom. The van der Waals surface area contributed by atoms with Gasteiger partial charge in [0.2, 0.25) is 10.0 Å². The van der Waals surface area contributed by atoms with Crippen LogP contribution >= 0.6 is 23.5 Å². The average molecular weight is 322 g/mol. The van der Waals surface area contributed by atoms with E-state index in [2.05, 4.69) is 4.72 Å². The summed E-state index contributed by atoms with van der Waals surface area (Å²) in [6.07, 6.45) is 0. The summed E-state index contributed by atoms with van der Waals surface area (Å²) in [5.41, 5.74) is 5.60. The molecular formula is C11H15FN2O2S3. The van der Waals surface area contributed by atoms with Gasteiger partial charge in [-0.05, 0) is 18.2 Å². The lowest BCUT2D eigenvalue weighted by atomic mass is 10.3.